The highest BCUT2D eigenvalue weighted by atomic mass is 19.1. The van der Waals surface area contributed by atoms with Gasteiger partial charge in [0.25, 0.3) is 0 Å². The fraction of sp³-hybridized carbons (Fsp3) is 0.417. The molecule has 1 aromatic carbocycles. The van der Waals surface area contributed by atoms with Gasteiger partial charge < -0.3 is 10.3 Å². The molecule has 0 aliphatic rings. The summed E-state index contributed by atoms with van der Waals surface area (Å²) in [6.45, 7) is 3.98. The zero-order valence-electron chi connectivity index (χ0n) is 9.74. The van der Waals surface area contributed by atoms with Crippen LogP contribution in [0.5, 0.6) is 0 Å². The first-order valence-electron chi connectivity index (χ1n) is 5.38. The molecule has 3 nitrogen and oxygen atoms in total. The van der Waals surface area contributed by atoms with Crippen LogP contribution in [0.2, 0.25) is 0 Å². The van der Waals surface area contributed by atoms with Gasteiger partial charge in [-0.2, -0.15) is 0 Å². The molecule has 0 bridgehead atoms. The number of aromatic nitrogens is 2. The van der Waals surface area contributed by atoms with Gasteiger partial charge in [-0.15, -0.1) is 0 Å². The third-order valence-corrected chi connectivity index (χ3v) is 3.07. The van der Waals surface area contributed by atoms with Crippen molar-refractivity contribution in [1.82, 2.24) is 9.55 Å². The van der Waals surface area contributed by atoms with Gasteiger partial charge in [-0.25, -0.2) is 9.37 Å². The van der Waals surface area contributed by atoms with Gasteiger partial charge >= 0.3 is 0 Å². The van der Waals surface area contributed by atoms with E-state index in [2.05, 4.69) is 4.98 Å². The highest BCUT2D eigenvalue weighted by Gasteiger charge is 2.17. The van der Waals surface area contributed by atoms with Crippen LogP contribution >= 0.6 is 0 Å². The normalized spacial score (nSPS) is 15.3. The van der Waals surface area contributed by atoms with Crippen molar-refractivity contribution >= 4 is 11.0 Å². The molecule has 0 saturated heterocycles. The fourth-order valence-electron chi connectivity index (χ4n) is 1.83. The molecule has 2 aromatic rings. The summed E-state index contributed by atoms with van der Waals surface area (Å²) in [5, 5.41) is 0. The third kappa shape index (κ3) is 1.69. The molecule has 1 aromatic heterocycles. The molecule has 2 rings (SSSR count). The first-order valence-corrected chi connectivity index (χ1v) is 5.38. The molecule has 0 aliphatic heterocycles. The van der Waals surface area contributed by atoms with E-state index in [1.807, 2.05) is 25.5 Å². The summed E-state index contributed by atoms with van der Waals surface area (Å²) in [7, 11) is 1.93. The lowest BCUT2D eigenvalue weighted by molar-refractivity contribution is 0.565. The Labute approximate surface area is 94.1 Å². The Hall–Kier alpha value is -1.42. The molecule has 86 valence electrons. The van der Waals surface area contributed by atoms with E-state index in [4.69, 9.17) is 5.73 Å². The minimum Gasteiger partial charge on any atom is -0.331 e. The van der Waals surface area contributed by atoms with Gasteiger partial charge in [-0.3, -0.25) is 0 Å². The topological polar surface area (TPSA) is 43.8 Å². The second kappa shape index (κ2) is 3.87. The Balaban J connectivity index is 2.60. The van der Waals surface area contributed by atoms with Crippen molar-refractivity contribution in [3.8, 4) is 0 Å². The van der Waals surface area contributed by atoms with Crippen LogP contribution < -0.4 is 5.73 Å². The predicted octanol–water partition coefficient (Wildman–Crippen LogP) is 2.16. The second-order valence-corrected chi connectivity index (χ2v) is 4.31. The van der Waals surface area contributed by atoms with Crippen molar-refractivity contribution in [2.45, 2.75) is 25.8 Å². The van der Waals surface area contributed by atoms with Crippen LogP contribution in [0.3, 0.4) is 0 Å². The summed E-state index contributed by atoms with van der Waals surface area (Å²) in [5.74, 6) is 0.793. The summed E-state index contributed by atoms with van der Waals surface area (Å²) in [6.07, 6.45) is 0. The lowest BCUT2D eigenvalue weighted by Crippen LogP contribution is -2.24. The number of aryl methyl sites for hydroxylation is 1. The zero-order chi connectivity index (χ0) is 11.9. The number of nitrogens with zero attached hydrogens (tertiary/aromatic N) is 2. The van der Waals surface area contributed by atoms with Gasteiger partial charge in [-0.1, -0.05) is 6.92 Å². The van der Waals surface area contributed by atoms with Gasteiger partial charge in [0.1, 0.15) is 11.6 Å². The SMILES string of the molecule is CC(N)C(C)c1nc2cc(F)ccc2n1C. The van der Waals surface area contributed by atoms with E-state index in [0.29, 0.717) is 5.52 Å². The van der Waals surface area contributed by atoms with Crippen LogP contribution in [0.25, 0.3) is 11.0 Å². The Bertz CT molecular complexity index is 516. The lowest BCUT2D eigenvalue weighted by Gasteiger charge is -2.14. The van der Waals surface area contributed by atoms with Gasteiger partial charge in [-0.05, 0) is 19.1 Å². The van der Waals surface area contributed by atoms with Gasteiger partial charge in [0, 0.05) is 25.1 Å². The Morgan fingerprint density at radius 3 is 2.69 bits per heavy atom. The molecule has 0 spiro atoms. The molecule has 0 aliphatic carbocycles. The quantitative estimate of drug-likeness (QED) is 0.844. The number of rotatable bonds is 2. The predicted molar refractivity (Wildman–Crippen MR) is 62.7 cm³/mol. The molecular formula is C12H16FN3. The van der Waals surface area contributed by atoms with Crippen LogP contribution in [-0.2, 0) is 7.05 Å². The maximum Gasteiger partial charge on any atom is 0.125 e. The summed E-state index contributed by atoms with van der Waals surface area (Å²) in [6, 6.07) is 4.67. The van der Waals surface area contributed by atoms with E-state index in [9.17, 15) is 4.39 Å². The van der Waals surface area contributed by atoms with Crippen molar-refractivity contribution in [3.05, 3.63) is 29.8 Å². The molecular weight excluding hydrogens is 205 g/mol. The molecule has 2 unspecified atom stereocenters. The molecule has 0 fully saturated rings. The molecule has 2 N–H and O–H groups in total. The molecule has 1 heterocycles. The van der Waals surface area contributed by atoms with E-state index in [0.717, 1.165) is 11.3 Å². The van der Waals surface area contributed by atoms with Crippen molar-refractivity contribution in [2.24, 2.45) is 12.8 Å². The first kappa shape index (κ1) is 11.1. The third-order valence-electron chi connectivity index (χ3n) is 3.07. The Morgan fingerprint density at radius 1 is 1.38 bits per heavy atom. The Morgan fingerprint density at radius 2 is 2.06 bits per heavy atom. The summed E-state index contributed by atoms with van der Waals surface area (Å²) in [5.41, 5.74) is 7.48. The largest absolute Gasteiger partial charge is 0.331 e. The molecule has 0 saturated carbocycles. The fourth-order valence-corrected chi connectivity index (χ4v) is 1.83. The van der Waals surface area contributed by atoms with Crippen LogP contribution in [-0.4, -0.2) is 15.6 Å². The first-order chi connectivity index (χ1) is 7.50. The van der Waals surface area contributed by atoms with Crippen LogP contribution in [0, 0.1) is 5.82 Å². The van der Waals surface area contributed by atoms with Gasteiger partial charge in [0.2, 0.25) is 0 Å². The van der Waals surface area contributed by atoms with Gasteiger partial charge in [0.15, 0.2) is 0 Å². The van der Waals surface area contributed by atoms with Crippen molar-refractivity contribution in [2.75, 3.05) is 0 Å². The van der Waals surface area contributed by atoms with Crippen molar-refractivity contribution < 1.29 is 4.39 Å². The van der Waals surface area contributed by atoms with Crippen LogP contribution in [0.1, 0.15) is 25.6 Å². The Kier molecular flexibility index (Phi) is 2.68. The summed E-state index contributed by atoms with van der Waals surface area (Å²) < 4.78 is 15.0. The van der Waals surface area contributed by atoms with E-state index in [-0.39, 0.29) is 17.8 Å². The second-order valence-electron chi connectivity index (χ2n) is 4.31. The molecule has 16 heavy (non-hydrogen) atoms. The van der Waals surface area contributed by atoms with E-state index in [1.54, 1.807) is 6.07 Å². The van der Waals surface area contributed by atoms with E-state index in [1.165, 1.54) is 12.1 Å². The standard InChI is InChI=1S/C12H16FN3/c1-7(8(2)14)12-15-10-6-9(13)4-5-11(10)16(12)3/h4-8H,14H2,1-3H3. The molecule has 2 atom stereocenters. The number of imidazole rings is 1. The van der Waals surface area contributed by atoms with Crippen molar-refractivity contribution in [3.63, 3.8) is 0 Å². The van der Waals surface area contributed by atoms with Crippen LogP contribution in [0.15, 0.2) is 18.2 Å². The van der Waals surface area contributed by atoms with E-state index < -0.39 is 0 Å². The average molecular weight is 221 g/mol. The van der Waals surface area contributed by atoms with E-state index >= 15 is 0 Å². The number of halogens is 1. The lowest BCUT2D eigenvalue weighted by atomic mass is 10.0. The highest BCUT2D eigenvalue weighted by molar-refractivity contribution is 5.76. The smallest absolute Gasteiger partial charge is 0.125 e. The number of hydrogen-bond donors (Lipinski definition) is 1. The number of hydrogen-bond acceptors (Lipinski definition) is 2. The molecule has 0 radical (unpaired) electrons. The summed E-state index contributed by atoms with van der Waals surface area (Å²) in [4.78, 5) is 4.44. The molecule has 4 heteroatoms. The van der Waals surface area contributed by atoms with Crippen LogP contribution in [0.4, 0.5) is 4.39 Å². The number of benzene rings is 1. The zero-order valence-corrected chi connectivity index (χ0v) is 9.74. The highest BCUT2D eigenvalue weighted by Crippen LogP contribution is 2.22. The number of nitrogens with two attached hydrogens (primary N) is 1. The minimum atomic E-state index is -0.259. The summed E-state index contributed by atoms with van der Waals surface area (Å²) >= 11 is 0. The monoisotopic (exact) mass is 221 g/mol. The average Bonchev–Trinajstić information content (AvgIpc) is 2.54. The maximum atomic E-state index is 13.1. The number of fused-ring (bicyclic) bond motifs is 1. The van der Waals surface area contributed by atoms with Crippen molar-refractivity contribution in [1.29, 1.82) is 0 Å². The minimum absolute atomic E-state index is 0.0281. The van der Waals surface area contributed by atoms with Gasteiger partial charge in [0.05, 0.1) is 11.0 Å². The maximum absolute atomic E-state index is 13.1. The molecule has 0 amide bonds.